The predicted octanol–water partition coefficient (Wildman–Crippen LogP) is 2.36. The van der Waals surface area contributed by atoms with E-state index in [1.807, 2.05) is 19.4 Å². The molecule has 3 nitrogen and oxygen atoms in total. The number of thioether (sulfide) groups is 1. The highest BCUT2D eigenvalue weighted by atomic mass is 32.2. The fourth-order valence-electron chi connectivity index (χ4n) is 2.35. The zero-order valence-electron chi connectivity index (χ0n) is 10.6. The second kappa shape index (κ2) is 6.45. The van der Waals surface area contributed by atoms with Crippen LogP contribution in [0.5, 0.6) is 0 Å². The maximum absolute atomic E-state index is 6.16. The number of hydrogen-bond donors (Lipinski definition) is 1. The first-order valence-electron chi connectivity index (χ1n) is 6.59. The van der Waals surface area contributed by atoms with E-state index in [1.165, 1.54) is 25.7 Å². The minimum absolute atomic E-state index is 0.317. The average molecular weight is 253 g/mol. The molecule has 1 heterocycles. The van der Waals surface area contributed by atoms with E-state index in [4.69, 9.17) is 5.73 Å². The standard InChI is InChI=1S/C13H23N3S/c1-16-9-8-15-13(16)7-6-11(14)10-17-12-4-2-3-5-12/h8-9,11-12H,2-7,10,14H2,1H3. The van der Waals surface area contributed by atoms with Crippen LogP contribution in [0.1, 0.15) is 37.9 Å². The predicted molar refractivity (Wildman–Crippen MR) is 74.2 cm³/mol. The largest absolute Gasteiger partial charge is 0.338 e. The van der Waals surface area contributed by atoms with Crippen molar-refractivity contribution in [3.63, 3.8) is 0 Å². The third kappa shape index (κ3) is 4.03. The number of imidazole rings is 1. The Morgan fingerprint density at radius 2 is 2.29 bits per heavy atom. The SMILES string of the molecule is Cn1ccnc1CCC(N)CSC1CCCC1. The Labute approximate surface area is 108 Å². The molecular formula is C13H23N3S. The van der Waals surface area contributed by atoms with E-state index in [2.05, 4.69) is 21.3 Å². The maximum Gasteiger partial charge on any atom is 0.108 e. The summed E-state index contributed by atoms with van der Waals surface area (Å²) in [6, 6.07) is 0.317. The molecule has 1 aliphatic carbocycles. The van der Waals surface area contributed by atoms with Crippen LogP contribution in [0.25, 0.3) is 0 Å². The van der Waals surface area contributed by atoms with Gasteiger partial charge in [-0.05, 0) is 19.3 Å². The molecule has 96 valence electrons. The van der Waals surface area contributed by atoms with Crippen LogP contribution in [-0.2, 0) is 13.5 Å². The number of hydrogen-bond acceptors (Lipinski definition) is 3. The molecule has 0 bridgehead atoms. The van der Waals surface area contributed by atoms with Crippen molar-refractivity contribution in [1.82, 2.24) is 9.55 Å². The van der Waals surface area contributed by atoms with E-state index >= 15 is 0 Å². The van der Waals surface area contributed by atoms with Crippen LogP contribution in [0.4, 0.5) is 0 Å². The van der Waals surface area contributed by atoms with E-state index in [0.29, 0.717) is 6.04 Å². The number of nitrogens with zero attached hydrogens (tertiary/aromatic N) is 2. The molecule has 0 spiro atoms. The van der Waals surface area contributed by atoms with Gasteiger partial charge in [0.1, 0.15) is 5.82 Å². The summed E-state index contributed by atoms with van der Waals surface area (Å²) in [6.45, 7) is 0. The molecule has 0 aliphatic heterocycles. The van der Waals surface area contributed by atoms with Crippen molar-refractivity contribution in [3.05, 3.63) is 18.2 Å². The number of rotatable bonds is 6. The second-order valence-electron chi connectivity index (χ2n) is 4.99. The van der Waals surface area contributed by atoms with Crippen molar-refractivity contribution in [3.8, 4) is 0 Å². The lowest BCUT2D eigenvalue weighted by atomic mass is 10.2. The van der Waals surface area contributed by atoms with Gasteiger partial charge in [0.15, 0.2) is 0 Å². The molecule has 0 radical (unpaired) electrons. The number of nitrogens with two attached hydrogens (primary N) is 1. The van der Waals surface area contributed by atoms with Gasteiger partial charge in [0.25, 0.3) is 0 Å². The van der Waals surface area contributed by atoms with Gasteiger partial charge in [-0.25, -0.2) is 4.98 Å². The Morgan fingerprint density at radius 3 is 2.94 bits per heavy atom. The molecule has 1 atom stereocenters. The van der Waals surface area contributed by atoms with Crippen LogP contribution in [0, 0.1) is 0 Å². The normalized spacial score (nSPS) is 18.7. The van der Waals surface area contributed by atoms with Gasteiger partial charge in [-0.15, -0.1) is 0 Å². The maximum atomic E-state index is 6.16. The molecular weight excluding hydrogens is 230 g/mol. The van der Waals surface area contributed by atoms with E-state index in [-0.39, 0.29) is 0 Å². The van der Waals surface area contributed by atoms with Gasteiger partial charge in [0.2, 0.25) is 0 Å². The molecule has 0 aromatic carbocycles. The topological polar surface area (TPSA) is 43.8 Å². The van der Waals surface area contributed by atoms with Crippen molar-refractivity contribution in [1.29, 1.82) is 0 Å². The number of aryl methyl sites for hydroxylation is 2. The third-order valence-corrected chi connectivity index (χ3v) is 5.07. The number of aromatic nitrogens is 2. The molecule has 1 aromatic heterocycles. The summed E-state index contributed by atoms with van der Waals surface area (Å²) in [6.07, 6.45) is 11.5. The summed E-state index contributed by atoms with van der Waals surface area (Å²) < 4.78 is 2.08. The molecule has 1 unspecified atom stereocenters. The summed E-state index contributed by atoms with van der Waals surface area (Å²) in [4.78, 5) is 4.33. The van der Waals surface area contributed by atoms with Crippen molar-refractivity contribution in [2.75, 3.05) is 5.75 Å². The molecule has 4 heteroatoms. The van der Waals surface area contributed by atoms with Crippen LogP contribution in [0.3, 0.4) is 0 Å². The fraction of sp³-hybridized carbons (Fsp3) is 0.769. The molecule has 0 saturated heterocycles. The summed E-state index contributed by atoms with van der Waals surface area (Å²) >= 11 is 2.08. The Bertz CT molecular complexity index is 331. The van der Waals surface area contributed by atoms with Crippen molar-refractivity contribution >= 4 is 11.8 Å². The van der Waals surface area contributed by atoms with Gasteiger partial charge in [0.05, 0.1) is 0 Å². The van der Waals surface area contributed by atoms with Gasteiger partial charge < -0.3 is 10.3 Å². The van der Waals surface area contributed by atoms with Crippen LogP contribution >= 0.6 is 11.8 Å². The summed E-state index contributed by atoms with van der Waals surface area (Å²) in [5, 5.41) is 0.884. The van der Waals surface area contributed by atoms with Crippen LogP contribution in [-0.4, -0.2) is 26.6 Å². The first-order valence-corrected chi connectivity index (χ1v) is 7.64. The van der Waals surface area contributed by atoms with Gasteiger partial charge in [-0.1, -0.05) is 12.8 Å². The van der Waals surface area contributed by atoms with Crippen LogP contribution in [0.2, 0.25) is 0 Å². The molecule has 2 N–H and O–H groups in total. The highest BCUT2D eigenvalue weighted by Gasteiger charge is 2.16. The lowest BCUT2D eigenvalue weighted by molar-refractivity contribution is 0.638. The van der Waals surface area contributed by atoms with Crippen molar-refractivity contribution in [2.24, 2.45) is 12.8 Å². The highest BCUT2D eigenvalue weighted by Crippen LogP contribution is 2.29. The van der Waals surface area contributed by atoms with Gasteiger partial charge in [0, 0.05) is 42.9 Å². The highest BCUT2D eigenvalue weighted by molar-refractivity contribution is 7.99. The van der Waals surface area contributed by atoms with Crippen LogP contribution < -0.4 is 5.73 Å². The molecule has 0 amide bonds. The first-order chi connectivity index (χ1) is 8.25. The monoisotopic (exact) mass is 253 g/mol. The Hall–Kier alpha value is -0.480. The molecule has 17 heavy (non-hydrogen) atoms. The zero-order chi connectivity index (χ0) is 12.1. The molecule has 2 rings (SSSR count). The van der Waals surface area contributed by atoms with Gasteiger partial charge in [-0.3, -0.25) is 0 Å². The second-order valence-corrected chi connectivity index (χ2v) is 6.33. The third-order valence-electron chi connectivity index (χ3n) is 3.51. The summed E-state index contributed by atoms with van der Waals surface area (Å²) in [5.41, 5.74) is 6.16. The quantitative estimate of drug-likeness (QED) is 0.846. The van der Waals surface area contributed by atoms with E-state index in [1.54, 1.807) is 0 Å². The Balaban J connectivity index is 1.63. The molecule has 1 saturated carbocycles. The fourth-order valence-corrected chi connectivity index (χ4v) is 3.70. The molecule has 1 aliphatic rings. The average Bonchev–Trinajstić information content (AvgIpc) is 2.95. The smallest absolute Gasteiger partial charge is 0.108 e. The van der Waals surface area contributed by atoms with Crippen LogP contribution in [0.15, 0.2) is 12.4 Å². The Morgan fingerprint density at radius 1 is 1.53 bits per heavy atom. The summed E-state index contributed by atoms with van der Waals surface area (Å²) in [7, 11) is 2.04. The molecule has 1 aromatic rings. The lowest BCUT2D eigenvalue weighted by Gasteiger charge is -2.14. The molecule has 1 fully saturated rings. The summed E-state index contributed by atoms with van der Waals surface area (Å²) in [5.74, 6) is 2.25. The minimum atomic E-state index is 0.317. The van der Waals surface area contributed by atoms with E-state index in [9.17, 15) is 0 Å². The van der Waals surface area contributed by atoms with E-state index in [0.717, 1.165) is 29.7 Å². The Kier molecular flexibility index (Phi) is 4.92. The van der Waals surface area contributed by atoms with E-state index < -0.39 is 0 Å². The van der Waals surface area contributed by atoms with Crippen molar-refractivity contribution in [2.45, 2.75) is 49.8 Å². The van der Waals surface area contributed by atoms with Gasteiger partial charge >= 0.3 is 0 Å². The van der Waals surface area contributed by atoms with Gasteiger partial charge in [-0.2, -0.15) is 11.8 Å². The first kappa shape index (κ1) is 13.0. The van der Waals surface area contributed by atoms with Crippen molar-refractivity contribution < 1.29 is 0 Å². The minimum Gasteiger partial charge on any atom is -0.338 e. The zero-order valence-corrected chi connectivity index (χ0v) is 11.5. The lowest BCUT2D eigenvalue weighted by Crippen LogP contribution is -2.25.